The molecule has 0 saturated carbocycles. The fourth-order valence-electron chi connectivity index (χ4n) is 1.41. The van der Waals surface area contributed by atoms with Crippen molar-refractivity contribution in [1.29, 1.82) is 0 Å². The van der Waals surface area contributed by atoms with Crippen molar-refractivity contribution in [3.63, 3.8) is 0 Å². The Morgan fingerprint density at radius 1 is 1.21 bits per heavy atom. The Balaban J connectivity index is 3.00. The number of esters is 1. The molecular weight excluding hydrogens is 240 g/mol. The zero-order valence-corrected chi connectivity index (χ0v) is 12.1. The van der Waals surface area contributed by atoms with E-state index < -0.39 is 6.10 Å². The number of rotatable bonds is 3. The molecule has 0 spiro atoms. The molecule has 19 heavy (non-hydrogen) atoms. The van der Waals surface area contributed by atoms with E-state index in [1.807, 2.05) is 45.0 Å². The first-order chi connectivity index (χ1) is 8.81. The molecule has 102 valence electrons. The second-order valence-electron chi connectivity index (χ2n) is 5.28. The highest BCUT2D eigenvalue weighted by molar-refractivity contribution is 5.66. The van der Waals surface area contributed by atoms with Crippen LogP contribution >= 0.6 is 0 Å². The van der Waals surface area contributed by atoms with Crippen LogP contribution in [0.3, 0.4) is 0 Å². The van der Waals surface area contributed by atoms with Crippen molar-refractivity contribution in [1.82, 2.24) is 0 Å². The summed E-state index contributed by atoms with van der Waals surface area (Å²) in [4.78, 5) is 11.2. The number of ether oxygens (including phenoxy) is 2. The van der Waals surface area contributed by atoms with Crippen molar-refractivity contribution in [2.75, 3.05) is 7.11 Å². The van der Waals surface area contributed by atoms with Crippen molar-refractivity contribution in [2.24, 2.45) is 5.41 Å². The zero-order chi connectivity index (χ0) is 14.5. The van der Waals surface area contributed by atoms with Gasteiger partial charge in [-0.2, -0.15) is 0 Å². The number of carbonyl (C=O) groups excluding carboxylic acids is 1. The smallest absolute Gasteiger partial charge is 0.304 e. The largest absolute Gasteiger partial charge is 0.497 e. The minimum absolute atomic E-state index is 0.134. The van der Waals surface area contributed by atoms with E-state index in [2.05, 4.69) is 11.8 Å². The van der Waals surface area contributed by atoms with Gasteiger partial charge in [0.25, 0.3) is 0 Å². The third-order valence-corrected chi connectivity index (χ3v) is 2.28. The molecule has 0 aliphatic carbocycles. The van der Waals surface area contributed by atoms with E-state index in [0.717, 1.165) is 11.3 Å². The van der Waals surface area contributed by atoms with E-state index in [1.54, 1.807) is 7.11 Å². The Hall–Kier alpha value is -1.95. The van der Waals surface area contributed by atoms with Crippen molar-refractivity contribution >= 4 is 5.97 Å². The van der Waals surface area contributed by atoms with Crippen LogP contribution in [0.5, 0.6) is 5.75 Å². The summed E-state index contributed by atoms with van der Waals surface area (Å²) in [6.45, 7) is 7.42. The number of methoxy groups -OCH3 is 1. The van der Waals surface area contributed by atoms with Gasteiger partial charge in [-0.3, -0.25) is 4.79 Å². The molecule has 0 aliphatic rings. The summed E-state index contributed by atoms with van der Waals surface area (Å²) in [6, 6.07) is 7.35. The van der Waals surface area contributed by atoms with Gasteiger partial charge in [0.1, 0.15) is 5.75 Å². The zero-order valence-electron chi connectivity index (χ0n) is 12.1. The van der Waals surface area contributed by atoms with Crippen LogP contribution in [0.1, 0.15) is 39.4 Å². The average molecular weight is 260 g/mol. The lowest BCUT2D eigenvalue weighted by molar-refractivity contribution is -0.144. The van der Waals surface area contributed by atoms with Gasteiger partial charge in [0.2, 0.25) is 0 Å². The van der Waals surface area contributed by atoms with Crippen LogP contribution in [0.15, 0.2) is 24.3 Å². The highest BCUT2D eigenvalue weighted by atomic mass is 16.5. The predicted octanol–water partition coefficient (Wildman–Crippen LogP) is 3.35. The van der Waals surface area contributed by atoms with Crippen LogP contribution < -0.4 is 4.74 Å². The summed E-state index contributed by atoms with van der Waals surface area (Å²) in [6.07, 6.45) is -0.539. The van der Waals surface area contributed by atoms with Gasteiger partial charge < -0.3 is 9.47 Å². The van der Waals surface area contributed by atoms with Gasteiger partial charge in [-0.1, -0.05) is 24.0 Å². The molecule has 0 radical (unpaired) electrons. The highest BCUT2D eigenvalue weighted by Gasteiger charge is 2.13. The quantitative estimate of drug-likeness (QED) is 0.617. The fourth-order valence-corrected chi connectivity index (χ4v) is 1.41. The van der Waals surface area contributed by atoms with Gasteiger partial charge in [-0.15, -0.1) is 0 Å². The first-order valence-electron chi connectivity index (χ1n) is 6.16. The molecular formula is C16H20O3. The monoisotopic (exact) mass is 260 g/mol. The van der Waals surface area contributed by atoms with E-state index in [4.69, 9.17) is 9.47 Å². The van der Waals surface area contributed by atoms with Gasteiger partial charge >= 0.3 is 5.97 Å². The molecule has 3 nitrogen and oxygen atoms in total. The van der Waals surface area contributed by atoms with Crippen molar-refractivity contribution in [2.45, 2.75) is 33.8 Å². The lowest BCUT2D eigenvalue weighted by Gasteiger charge is -2.14. The summed E-state index contributed by atoms with van der Waals surface area (Å²) < 4.78 is 10.4. The summed E-state index contributed by atoms with van der Waals surface area (Å²) in [5.41, 5.74) is 0.706. The minimum Gasteiger partial charge on any atom is -0.497 e. The van der Waals surface area contributed by atoms with Crippen molar-refractivity contribution in [3.8, 4) is 17.6 Å². The Morgan fingerprint density at radius 2 is 1.79 bits per heavy atom. The molecule has 3 heteroatoms. The normalized spacial score (nSPS) is 12.1. The van der Waals surface area contributed by atoms with Crippen molar-refractivity contribution in [3.05, 3.63) is 29.8 Å². The second-order valence-corrected chi connectivity index (χ2v) is 5.28. The molecule has 0 aromatic heterocycles. The molecule has 0 unspecified atom stereocenters. The average Bonchev–Trinajstić information content (AvgIpc) is 2.33. The maximum absolute atomic E-state index is 11.2. The van der Waals surface area contributed by atoms with Crippen LogP contribution in [-0.4, -0.2) is 13.1 Å². The molecule has 1 rings (SSSR count). The fraction of sp³-hybridized carbons (Fsp3) is 0.438. The summed E-state index contributed by atoms with van der Waals surface area (Å²) in [5.74, 6) is 6.52. The minimum atomic E-state index is -0.539. The molecule has 0 fully saturated rings. The van der Waals surface area contributed by atoms with E-state index in [1.165, 1.54) is 6.92 Å². The lowest BCUT2D eigenvalue weighted by Crippen LogP contribution is -2.08. The first-order valence-corrected chi connectivity index (χ1v) is 6.16. The van der Waals surface area contributed by atoms with Gasteiger partial charge in [0.05, 0.1) is 7.11 Å². The third-order valence-electron chi connectivity index (χ3n) is 2.28. The van der Waals surface area contributed by atoms with E-state index >= 15 is 0 Å². The standard InChI is InChI=1S/C16H20O3/c1-12(17)19-15(10-11-16(2,3)4)13-6-8-14(18-5)9-7-13/h6-9,15H,1-5H3/t15-/m0/s1. The lowest BCUT2D eigenvalue weighted by atomic mass is 9.97. The Bertz CT molecular complexity index is 483. The van der Waals surface area contributed by atoms with Gasteiger partial charge in [0.15, 0.2) is 6.10 Å². The number of hydrogen-bond acceptors (Lipinski definition) is 3. The van der Waals surface area contributed by atoms with Gasteiger partial charge in [-0.05, 0) is 32.9 Å². The topological polar surface area (TPSA) is 35.5 Å². The highest BCUT2D eigenvalue weighted by Crippen LogP contribution is 2.21. The Kier molecular flexibility index (Phi) is 5.00. The molecule has 0 amide bonds. The predicted molar refractivity (Wildman–Crippen MR) is 74.7 cm³/mol. The molecule has 0 N–H and O–H groups in total. The van der Waals surface area contributed by atoms with E-state index in [0.29, 0.717) is 0 Å². The van der Waals surface area contributed by atoms with E-state index in [9.17, 15) is 4.79 Å². The molecule has 0 heterocycles. The third kappa shape index (κ3) is 5.48. The number of benzene rings is 1. The number of carbonyl (C=O) groups is 1. The van der Waals surface area contributed by atoms with Crippen LogP contribution in [0.4, 0.5) is 0 Å². The van der Waals surface area contributed by atoms with Crippen LogP contribution in [0, 0.1) is 17.3 Å². The molecule has 0 bridgehead atoms. The molecule has 0 aliphatic heterocycles. The van der Waals surface area contributed by atoms with Gasteiger partial charge in [-0.25, -0.2) is 0 Å². The maximum Gasteiger partial charge on any atom is 0.304 e. The Morgan fingerprint density at radius 3 is 2.21 bits per heavy atom. The molecule has 1 aromatic carbocycles. The van der Waals surface area contributed by atoms with Crippen molar-refractivity contribution < 1.29 is 14.3 Å². The van der Waals surface area contributed by atoms with Gasteiger partial charge in [0, 0.05) is 17.9 Å². The summed E-state index contributed by atoms with van der Waals surface area (Å²) in [7, 11) is 1.61. The number of hydrogen-bond donors (Lipinski definition) is 0. The second kappa shape index (κ2) is 6.29. The summed E-state index contributed by atoms with van der Waals surface area (Å²) in [5, 5.41) is 0. The Labute approximate surface area is 114 Å². The molecule has 1 aromatic rings. The first kappa shape index (κ1) is 15.1. The maximum atomic E-state index is 11.2. The molecule has 0 saturated heterocycles. The molecule has 1 atom stereocenters. The van der Waals surface area contributed by atoms with Crippen LogP contribution in [0.2, 0.25) is 0 Å². The summed E-state index contributed by atoms with van der Waals surface area (Å²) >= 11 is 0. The SMILES string of the molecule is COc1ccc([C@H](C#CC(C)(C)C)OC(C)=O)cc1. The van der Waals surface area contributed by atoms with E-state index in [-0.39, 0.29) is 11.4 Å². The van der Waals surface area contributed by atoms with Crippen LogP contribution in [0.25, 0.3) is 0 Å². The van der Waals surface area contributed by atoms with Crippen LogP contribution in [-0.2, 0) is 9.53 Å².